The van der Waals surface area contributed by atoms with Gasteiger partial charge in [0.15, 0.2) is 12.1 Å². The van der Waals surface area contributed by atoms with Gasteiger partial charge >= 0.3 is 0 Å². The summed E-state index contributed by atoms with van der Waals surface area (Å²) in [6, 6.07) is 0. The molecular formula is C19H32O5. The van der Waals surface area contributed by atoms with Gasteiger partial charge in [-0.1, -0.05) is 19.9 Å². The summed E-state index contributed by atoms with van der Waals surface area (Å²) in [5, 5.41) is 11.3. The van der Waals surface area contributed by atoms with Gasteiger partial charge in [-0.2, -0.15) is 0 Å². The molecule has 1 N–H and O–H groups in total. The van der Waals surface area contributed by atoms with Gasteiger partial charge < -0.3 is 24.1 Å². The minimum absolute atomic E-state index is 0.158. The fourth-order valence-electron chi connectivity index (χ4n) is 3.68. The summed E-state index contributed by atoms with van der Waals surface area (Å²) in [7, 11) is 0. The third-order valence-corrected chi connectivity index (χ3v) is 4.95. The van der Waals surface area contributed by atoms with E-state index in [2.05, 4.69) is 0 Å². The fourth-order valence-corrected chi connectivity index (χ4v) is 3.68. The van der Waals surface area contributed by atoms with Gasteiger partial charge in [-0.25, -0.2) is 0 Å². The molecule has 1 aliphatic carbocycles. The van der Waals surface area contributed by atoms with Crippen LogP contribution in [-0.2, 0) is 18.9 Å². The molecule has 1 heterocycles. The Morgan fingerprint density at radius 3 is 2.46 bits per heavy atom. The van der Waals surface area contributed by atoms with Crippen LogP contribution in [-0.4, -0.2) is 48.7 Å². The number of ether oxygens (including phenoxy) is 4. The van der Waals surface area contributed by atoms with Crippen LogP contribution >= 0.6 is 0 Å². The first kappa shape index (κ1) is 19.6. The van der Waals surface area contributed by atoms with Gasteiger partial charge in [-0.3, -0.25) is 0 Å². The molecule has 1 aliphatic heterocycles. The maximum Gasteiger partial charge on any atom is 0.188 e. The zero-order valence-electron chi connectivity index (χ0n) is 15.8. The summed E-state index contributed by atoms with van der Waals surface area (Å²) in [5.74, 6) is -0.695. The van der Waals surface area contributed by atoms with Crippen molar-refractivity contribution in [3.05, 3.63) is 23.8 Å². The highest BCUT2D eigenvalue weighted by Gasteiger charge is 2.54. The lowest BCUT2D eigenvalue weighted by atomic mass is 9.63. The van der Waals surface area contributed by atoms with Gasteiger partial charge in [0.05, 0.1) is 19.3 Å². The van der Waals surface area contributed by atoms with Crippen molar-refractivity contribution < 1.29 is 24.1 Å². The van der Waals surface area contributed by atoms with E-state index < -0.39 is 16.8 Å². The van der Waals surface area contributed by atoms with Crippen LogP contribution in [0.15, 0.2) is 23.8 Å². The molecule has 0 aromatic carbocycles. The third kappa shape index (κ3) is 3.92. The Kier molecular flexibility index (Phi) is 5.93. The first-order valence-corrected chi connectivity index (χ1v) is 8.81. The number of aliphatic hydroxyl groups is 1. The highest BCUT2D eigenvalue weighted by Crippen LogP contribution is 2.50. The number of rotatable bonds is 6. The summed E-state index contributed by atoms with van der Waals surface area (Å²) in [5.41, 5.74) is -0.667. The van der Waals surface area contributed by atoms with Crippen LogP contribution in [0.4, 0.5) is 0 Å². The molecule has 2 rings (SSSR count). The molecule has 2 aliphatic rings. The molecule has 3 atom stereocenters. The molecule has 0 radical (unpaired) electrons. The van der Waals surface area contributed by atoms with Gasteiger partial charge in [0.1, 0.15) is 5.60 Å². The van der Waals surface area contributed by atoms with Crippen molar-refractivity contribution in [3.63, 3.8) is 0 Å². The second kappa shape index (κ2) is 7.26. The average Bonchev–Trinajstić information content (AvgIpc) is 2.90. The van der Waals surface area contributed by atoms with E-state index in [1.54, 1.807) is 0 Å². The van der Waals surface area contributed by atoms with E-state index in [9.17, 15) is 5.11 Å². The normalized spacial score (nSPS) is 31.4. The largest absolute Gasteiger partial charge is 0.381 e. The van der Waals surface area contributed by atoms with E-state index in [1.807, 2.05) is 59.8 Å². The lowest BCUT2D eigenvalue weighted by Crippen LogP contribution is -2.53. The average molecular weight is 340 g/mol. The lowest BCUT2D eigenvalue weighted by Gasteiger charge is -2.49. The van der Waals surface area contributed by atoms with E-state index >= 15 is 0 Å². The summed E-state index contributed by atoms with van der Waals surface area (Å²) < 4.78 is 22.7. The molecule has 3 unspecified atom stereocenters. The maximum atomic E-state index is 11.3. The van der Waals surface area contributed by atoms with Crippen molar-refractivity contribution in [1.82, 2.24) is 0 Å². The van der Waals surface area contributed by atoms with E-state index in [4.69, 9.17) is 18.9 Å². The first-order valence-electron chi connectivity index (χ1n) is 8.81. The van der Waals surface area contributed by atoms with Crippen molar-refractivity contribution in [2.45, 2.75) is 71.7 Å². The third-order valence-electron chi connectivity index (χ3n) is 4.95. The van der Waals surface area contributed by atoms with Crippen molar-refractivity contribution in [2.24, 2.45) is 5.41 Å². The molecule has 138 valence electrons. The maximum absolute atomic E-state index is 11.3. The van der Waals surface area contributed by atoms with E-state index in [0.29, 0.717) is 26.2 Å². The SMILES string of the molecule is CCOC(C)OC(C)/C=C/C1(O)C(C)=CC2(CC1(C)C)OCCO2. The molecule has 0 aromatic rings. The molecule has 1 saturated heterocycles. The number of hydrogen-bond acceptors (Lipinski definition) is 5. The van der Waals surface area contributed by atoms with Crippen LogP contribution in [0, 0.1) is 5.41 Å². The van der Waals surface area contributed by atoms with Gasteiger partial charge in [-0.05, 0) is 45.4 Å². The van der Waals surface area contributed by atoms with Crippen molar-refractivity contribution in [3.8, 4) is 0 Å². The molecule has 1 spiro atoms. The standard InChI is InChI=1S/C19H32O5/c1-7-21-16(4)24-15(3)8-9-19(20)14(2)12-18(13-17(19,5)6)22-10-11-23-18/h8-9,12,15-16,20H,7,10-11,13H2,1-6H3/b9-8+. The van der Waals surface area contributed by atoms with Crippen molar-refractivity contribution in [2.75, 3.05) is 19.8 Å². The number of hydrogen-bond donors (Lipinski definition) is 1. The predicted octanol–water partition coefficient (Wildman–Crippen LogP) is 3.18. The van der Waals surface area contributed by atoms with Crippen molar-refractivity contribution in [1.29, 1.82) is 0 Å². The summed E-state index contributed by atoms with van der Waals surface area (Å²) in [4.78, 5) is 0. The molecule has 0 aromatic heterocycles. The quantitative estimate of drug-likeness (QED) is 0.594. The highest BCUT2D eigenvalue weighted by atomic mass is 16.7. The van der Waals surface area contributed by atoms with Gasteiger partial charge in [0.25, 0.3) is 0 Å². The smallest absolute Gasteiger partial charge is 0.188 e. The second-order valence-corrected chi connectivity index (χ2v) is 7.39. The van der Waals surface area contributed by atoms with Gasteiger partial charge in [0, 0.05) is 18.4 Å². The summed E-state index contributed by atoms with van der Waals surface area (Å²) in [6.45, 7) is 13.5. The van der Waals surface area contributed by atoms with Gasteiger partial charge in [-0.15, -0.1) is 0 Å². The topological polar surface area (TPSA) is 57.2 Å². The predicted molar refractivity (Wildman–Crippen MR) is 92.5 cm³/mol. The van der Waals surface area contributed by atoms with Crippen LogP contribution < -0.4 is 0 Å². The molecule has 5 heteroatoms. The Bertz CT molecular complexity index is 490. The van der Waals surface area contributed by atoms with Crippen LogP contribution in [0.1, 0.15) is 48.0 Å². The van der Waals surface area contributed by atoms with Crippen LogP contribution in [0.25, 0.3) is 0 Å². The van der Waals surface area contributed by atoms with Crippen LogP contribution in [0.5, 0.6) is 0 Å². The molecule has 5 nitrogen and oxygen atoms in total. The molecule has 1 fully saturated rings. The molecule has 0 bridgehead atoms. The zero-order chi connectivity index (χ0) is 18.0. The molecule has 24 heavy (non-hydrogen) atoms. The van der Waals surface area contributed by atoms with Crippen molar-refractivity contribution >= 4 is 0 Å². The minimum atomic E-state index is -1.07. The van der Waals surface area contributed by atoms with E-state index in [0.717, 1.165) is 5.57 Å². The van der Waals surface area contributed by atoms with E-state index in [1.165, 1.54) is 0 Å². The molecule has 0 amide bonds. The zero-order valence-corrected chi connectivity index (χ0v) is 15.8. The van der Waals surface area contributed by atoms with Crippen LogP contribution in [0.2, 0.25) is 0 Å². The Morgan fingerprint density at radius 1 is 1.29 bits per heavy atom. The minimum Gasteiger partial charge on any atom is -0.381 e. The Hall–Kier alpha value is -0.720. The summed E-state index contributed by atoms with van der Waals surface area (Å²) >= 11 is 0. The van der Waals surface area contributed by atoms with E-state index in [-0.39, 0.29) is 12.4 Å². The Labute approximate surface area is 145 Å². The fraction of sp³-hybridized carbons (Fsp3) is 0.789. The Morgan fingerprint density at radius 2 is 1.92 bits per heavy atom. The molecule has 0 saturated carbocycles. The second-order valence-electron chi connectivity index (χ2n) is 7.39. The monoisotopic (exact) mass is 340 g/mol. The highest BCUT2D eigenvalue weighted by molar-refractivity contribution is 5.34. The van der Waals surface area contributed by atoms with Gasteiger partial charge in [0.2, 0.25) is 0 Å². The molecular weight excluding hydrogens is 308 g/mol. The van der Waals surface area contributed by atoms with Crippen LogP contribution in [0.3, 0.4) is 0 Å². The lowest BCUT2D eigenvalue weighted by molar-refractivity contribution is -0.171. The summed E-state index contributed by atoms with van der Waals surface area (Å²) in [6.07, 6.45) is 5.82. The first-order chi connectivity index (χ1) is 11.1. The Balaban J connectivity index is 2.16.